The normalized spacial score (nSPS) is 11.1. The fourth-order valence-corrected chi connectivity index (χ4v) is 1.13. The van der Waals surface area contributed by atoms with Crippen LogP contribution in [0.15, 0.2) is 26.4 Å². The van der Waals surface area contributed by atoms with Crippen LogP contribution in [0.2, 0.25) is 0 Å². The van der Waals surface area contributed by atoms with Gasteiger partial charge in [-0.1, -0.05) is 0 Å². The number of furan rings is 1. The summed E-state index contributed by atoms with van der Waals surface area (Å²) in [7, 11) is 0. The van der Waals surface area contributed by atoms with E-state index >= 15 is 0 Å². The van der Waals surface area contributed by atoms with Crippen LogP contribution in [0.4, 0.5) is 5.88 Å². The number of hydrogen-bond acceptors (Lipinski definition) is 6. The zero-order valence-electron chi connectivity index (χ0n) is 8.65. The van der Waals surface area contributed by atoms with Gasteiger partial charge in [-0.3, -0.25) is 10.1 Å². The monoisotopic (exact) mass is 237 g/mol. The first-order chi connectivity index (χ1) is 8.08. The Balaban J connectivity index is 2.26. The van der Waals surface area contributed by atoms with Gasteiger partial charge in [0.1, 0.15) is 4.92 Å². The summed E-state index contributed by atoms with van der Waals surface area (Å²) >= 11 is 0. The quantitative estimate of drug-likeness (QED) is 0.466. The highest BCUT2D eigenvalue weighted by molar-refractivity contribution is 5.76. The van der Waals surface area contributed by atoms with Crippen LogP contribution in [-0.4, -0.2) is 26.0 Å². The van der Waals surface area contributed by atoms with Crippen molar-refractivity contribution in [1.82, 2.24) is 14.9 Å². The molecule has 0 aliphatic rings. The first-order valence-corrected chi connectivity index (χ1v) is 4.50. The zero-order chi connectivity index (χ0) is 12.4. The third-order valence-electron chi connectivity index (χ3n) is 1.91. The Morgan fingerprint density at radius 2 is 2.41 bits per heavy atom. The lowest BCUT2D eigenvalue weighted by molar-refractivity contribution is -0.402. The van der Waals surface area contributed by atoms with Gasteiger partial charge in [-0.05, 0) is 13.0 Å². The first kappa shape index (κ1) is 10.8. The molecule has 0 saturated heterocycles. The Bertz CT molecular complexity index is 634. The summed E-state index contributed by atoms with van der Waals surface area (Å²) in [6.45, 7) is 1.58. The van der Waals surface area contributed by atoms with Gasteiger partial charge < -0.3 is 4.42 Å². The number of aromatic amines is 1. The van der Waals surface area contributed by atoms with E-state index in [0.717, 1.165) is 4.68 Å². The molecule has 0 aliphatic heterocycles. The van der Waals surface area contributed by atoms with Gasteiger partial charge in [0.25, 0.3) is 0 Å². The van der Waals surface area contributed by atoms with Gasteiger partial charge >= 0.3 is 11.6 Å². The molecule has 17 heavy (non-hydrogen) atoms. The number of H-pyrrole nitrogens is 1. The lowest BCUT2D eigenvalue weighted by Crippen LogP contribution is -2.13. The van der Waals surface area contributed by atoms with Crippen LogP contribution in [0, 0.1) is 17.0 Å². The lowest BCUT2D eigenvalue weighted by atomic mass is 10.5. The number of aromatic nitrogens is 3. The lowest BCUT2D eigenvalue weighted by Gasteiger charge is -1.90. The minimum Gasteiger partial charge on any atom is -0.400 e. The van der Waals surface area contributed by atoms with Crippen LogP contribution in [0.5, 0.6) is 0 Å². The molecule has 2 aromatic rings. The molecule has 0 bridgehead atoms. The van der Waals surface area contributed by atoms with E-state index in [1.54, 1.807) is 6.92 Å². The maximum absolute atomic E-state index is 11.2. The van der Waals surface area contributed by atoms with Crippen molar-refractivity contribution in [3.63, 3.8) is 0 Å². The van der Waals surface area contributed by atoms with E-state index in [4.69, 9.17) is 4.42 Å². The summed E-state index contributed by atoms with van der Waals surface area (Å²) in [4.78, 5) is 20.9. The molecular formula is C8H7N5O4. The summed E-state index contributed by atoms with van der Waals surface area (Å²) < 4.78 is 5.84. The molecular weight excluding hydrogens is 230 g/mol. The molecule has 2 aromatic heterocycles. The second-order valence-electron chi connectivity index (χ2n) is 3.07. The van der Waals surface area contributed by atoms with Gasteiger partial charge in [0.2, 0.25) is 0 Å². The number of nitrogens with one attached hydrogen (secondary N) is 1. The van der Waals surface area contributed by atoms with Crippen LogP contribution < -0.4 is 5.69 Å². The summed E-state index contributed by atoms with van der Waals surface area (Å²) in [5.41, 5.74) is -0.500. The molecule has 0 radical (unpaired) electrons. The van der Waals surface area contributed by atoms with Crippen LogP contribution in [0.25, 0.3) is 0 Å². The third kappa shape index (κ3) is 2.12. The molecule has 1 N–H and O–H groups in total. The highest BCUT2D eigenvalue weighted by Gasteiger charge is 2.10. The van der Waals surface area contributed by atoms with Crippen LogP contribution >= 0.6 is 0 Å². The Hall–Kier alpha value is -2.71. The predicted molar refractivity (Wildman–Crippen MR) is 55.9 cm³/mol. The molecule has 0 unspecified atom stereocenters. The Kier molecular flexibility index (Phi) is 2.57. The molecule has 0 spiro atoms. The second-order valence-corrected chi connectivity index (χ2v) is 3.07. The number of hydrogen-bond donors (Lipinski definition) is 1. The molecule has 9 nitrogen and oxygen atoms in total. The molecule has 0 amide bonds. The summed E-state index contributed by atoms with van der Waals surface area (Å²) in [6, 6.07) is 2.58. The van der Waals surface area contributed by atoms with E-state index in [2.05, 4.69) is 15.3 Å². The van der Waals surface area contributed by atoms with Crippen molar-refractivity contribution >= 4 is 12.1 Å². The number of rotatable bonds is 3. The van der Waals surface area contributed by atoms with Crippen LogP contribution in [0.1, 0.15) is 11.6 Å². The Morgan fingerprint density at radius 1 is 1.65 bits per heavy atom. The first-order valence-electron chi connectivity index (χ1n) is 4.50. The van der Waals surface area contributed by atoms with Crippen molar-refractivity contribution in [2.45, 2.75) is 6.92 Å². The SMILES string of the molecule is Cc1n[nH]c(=O)n1/N=C/c1ccc([N+](=O)[O-])o1. The maximum Gasteiger partial charge on any atom is 0.433 e. The number of nitro groups is 1. The standard InChI is InChI=1S/C8H7N5O4/c1-5-10-11-8(14)12(5)9-4-6-2-3-7(17-6)13(15)16/h2-4H,1H3,(H,11,14)/b9-4+. The maximum atomic E-state index is 11.2. The number of nitrogens with zero attached hydrogens (tertiary/aromatic N) is 4. The van der Waals surface area contributed by atoms with Crippen LogP contribution in [-0.2, 0) is 0 Å². The predicted octanol–water partition coefficient (Wildman–Crippen LogP) is 0.263. The molecule has 2 heterocycles. The zero-order valence-corrected chi connectivity index (χ0v) is 8.65. The van der Waals surface area contributed by atoms with Gasteiger partial charge in [-0.25, -0.2) is 9.89 Å². The van der Waals surface area contributed by atoms with E-state index in [9.17, 15) is 14.9 Å². The Labute approximate surface area is 93.5 Å². The minimum absolute atomic E-state index is 0.171. The molecule has 88 valence electrons. The third-order valence-corrected chi connectivity index (χ3v) is 1.91. The highest BCUT2D eigenvalue weighted by atomic mass is 16.6. The van der Waals surface area contributed by atoms with Crippen molar-refractivity contribution in [2.75, 3.05) is 0 Å². The van der Waals surface area contributed by atoms with E-state index in [1.807, 2.05) is 0 Å². The van der Waals surface area contributed by atoms with Gasteiger partial charge in [-0.2, -0.15) is 14.9 Å². The van der Waals surface area contributed by atoms with Crippen molar-refractivity contribution in [3.8, 4) is 0 Å². The molecule has 9 heteroatoms. The van der Waals surface area contributed by atoms with Crippen molar-refractivity contribution < 1.29 is 9.34 Å². The molecule has 0 aromatic carbocycles. The average molecular weight is 237 g/mol. The van der Waals surface area contributed by atoms with Crippen LogP contribution in [0.3, 0.4) is 0 Å². The average Bonchev–Trinajstić information content (AvgIpc) is 2.85. The summed E-state index contributed by atoms with van der Waals surface area (Å²) in [6.07, 6.45) is 1.19. The second kappa shape index (κ2) is 4.04. The van der Waals surface area contributed by atoms with Crippen molar-refractivity contribution in [3.05, 3.63) is 44.3 Å². The fraction of sp³-hybridized carbons (Fsp3) is 0.125. The molecule has 2 rings (SSSR count). The molecule has 0 atom stereocenters. The fourth-order valence-electron chi connectivity index (χ4n) is 1.13. The molecule has 0 fully saturated rings. The van der Waals surface area contributed by atoms with Gasteiger partial charge in [0.05, 0.1) is 12.3 Å². The minimum atomic E-state index is -0.660. The van der Waals surface area contributed by atoms with E-state index in [0.29, 0.717) is 5.82 Å². The molecule has 0 aliphatic carbocycles. The van der Waals surface area contributed by atoms with Gasteiger partial charge in [-0.15, -0.1) is 0 Å². The Morgan fingerprint density at radius 3 is 2.94 bits per heavy atom. The van der Waals surface area contributed by atoms with Gasteiger partial charge in [0.15, 0.2) is 11.6 Å². The summed E-state index contributed by atoms with van der Waals surface area (Å²) in [5.74, 6) is 0.152. The van der Waals surface area contributed by atoms with Gasteiger partial charge in [0, 0.05) is 0 Å². The highest BCUT2D eigenvalue weighted by Crippen LogP contribution is 2.13. The van der Waals surface area contributed by atoms with Crippen molar-refractivity contribution in [2.24, 2.45) is 5.10 Å². The molecule has 0 saturated carbocycles. The largest absolute Gasteiger partial charge is 0.433 e. The van der Waals surface area contributed by atoms with Crippen molar-refractivity contribution in [1.29, 1.82) is 0 Å². The summed E-state index contributed by atoms with van der Waals surface area (Å²) in [5, 5.41) is 20.0. The van der Waals surface area contributed by atoms with E-state index in [-0.39, 0.29) is 11.6 Å². The smallest absolute Gasteiger partial charge is 0.400 e. The van der Waals surface area contributed by atoms with E-state index in [1.165, 1.54) is 18.3 Å². The van der Waals surface area contributed by atoms with E-state index < -0.39 is 10.6 Å². The topological polar surface area (TPSA) is 119 Å². The number of aryl methyl sites for hydroxylation is 1.